The molecule has 0 spiro atoms. The normalized spacial score (nSPS) is 24.7. The van der Waals surface area contributed by atoms with Gasteiger partial charge in [0, 0.05) is 18.6 Å². The first-order chi connectivity index (χ1) is 13.0. The van der Waals surface area contributed by atoms with E-state index in [2.05, 4.69) is 26.5 Å². The molecular formula is C18H23N7O2. The van der Waals surface area contributed by atoms with Crippen molar-refractivity contribution >= 4 is 22.9 Å². The van der Waals surface area contributed by atoms with Gasteiger partial charge in [0.1, 0.15) is 23.5 Å². The van der Waals surface area contributed by atoms with E-state index in [-0.39, 0.29) is 24.3 Å². The molecule has 0 radical (unpaired) electrons. The van der Waals surface area contributed by atoms with Crippen molar-refractivity contribution in [3.8, 4) is 6.07 Å². The number of hydrazone groups is 1. The zero-order valence-corrected chi connectivity index (χ0v) is 15.9. The van der Waals surface area contributed by atoms with E-state index in [4.69, 9.17) is 9.47 Å². The molecule has 4 rings (SSSR count). The SMILES string of the molecule is CC(C)OC1=NN(C)CC1Nc1ncc2cc(C#N)n([C@@H]3CO[C@H]3C)c2n1. The Bertz CT molecular complexity index is 930. The summed E-state index contributed by atoms with van der Waals surface area (Å²) in [5, 5.41) is 19.9. The second kappa shape index (κ2) is 6.70. The number of hydrogen-bond acceptors (Lipinski definition) is 8. The maximum Gasteiger partial charge on any atom is 0.231 e. The zero-order valence-electron chi connectivity index (χ0n) is 15.9. The van der Waals surface area contributed by atoms with E-state index in [1.807, 2.05) is 43.5 Å². The van der Waals surface area contributed by atoms with Crippen molar-refractivity contribution in [3.05, 3.63) is 18.0 Å². The van der Waals surface area contributed by atoms with E-state index in [9.17, 15) is 5.26 Å². The second-order valence-corrected chi connectivity index (χ2v) is 7.23. The van der Waals surface area contributed by atoms with Gasteiger partial charge in [-0.2, -0.15) is 10.2 Å². The molecule has 2 aromatic heterocycles. The number of hydrogen-bond donors (Lipinski definition) is 1. The van der Waals surface area contributed by atoms with E-state index in [0.29, 0.717) is 30.7 Å². The molecule has 0 aliphatic carbocycles. The van der Waals surface area contributed by atoms with Crippen LogP contribution in [-0.2, 0) is 9.47 Å². The molecular weight excluding hydrogens is 346 g/mol. The molecule has 2 aliphatic heterocycles. The standard InChI is InChI=1S/C18H23N7O2/c1-10(2)27-17-14(8-24(4)23-17)21-18-20-7-12-5-13(6-19)25(16(12)22-18)15-9-26-11(15)3/h5,7,10-11,14-15H,8-9H2,1-4H3,(H,20,21,22)/t11-,14?,15+/m0/s1. The average Bonchev–Trinajstić information content (AvgIpc) is 3.13. The van der Waals surface area contributed by atoms with Gasteiger partial charge in [0.05, 0.1) is 31.4 Å². The first-order valence-corrected chi connectivity index (χ1v) is 9.08. The minimum absolute atomic E-state index is 0.0403. The summed E-state index contributed by atoms with van der Waals surface area (Å²) < 4.78 is 13.2. The van der Waals surface area contributed by atoms with Gasteiger partial charge in [-0.15, -0.1) is 5.10 Å². The van der Waals surface area contributed by atoms with Crippen LogP contribution in [0, 0.1) is 11.3 Å². The Morgan fingerprint density at radius 1 is 1.44 bits per heavy atom. The highest BCUT2D eigenvalue weighted by atomic mass is 16.5. The van der Waals surface area contributed by atoms with Crippen molar-refractivity contribution in [2.24, 2.45) is 5.10 Å². The minimum Gasteiger partial charge on any atom is -0.475 e. The van der Waals surface area contributed by atoms with Crippen molar-refractivity contribution < 1.29 is 9.47 Å². The van der Waals surface area contributed by atoms with Gasteiger partial charge in [0.2, 0.25) is 11.8 Å². The molecule has 1 N–H and O–H groups in total. The predicted octanol–water partition coefficient (Wildman–Crippen LogP) is 1.73. The van der Waals surface area contributed by atoms with Crippen LogP contribution >= 0.6 is 0 Å². The van der Waals surface area contributed by atoms with E-state index in [1.54, 1.807) is 6.20 Å². The summed E-state index contributed by atoms with van der Waals surface area (Å²) in [6.07, 6.45) is 1.84. The minimum atomic E-state index is -0.125. The number of nitriles is 1. The van der Waals surface area contributed by atoms with E-state index in [0.717, 1.165) is 11.0 Å². The molecule has 0 aromatic carbocycles. The van der Waals surface area contributed by atoms with Crippen LogP contribution in [-0.4, -0.2) is 63.9 Å². The van der Waals surface area contributed by atoms with Crippen molar-refractivity contribution in [3.63, 3.8) is 0 Å². The summed E-state index contributed by atoms with van der Waals surface area (Å²) in [5.74, 6) is 1.12. The van der Waals surface area contributed by atoms with Crippen molar-refractivity contribution in [1.82, 2.24) is 19.5 Å². The molecule has 3 atom stereocenters. The number of anilines is 1. The number of ether oxygens (including phenoxy) is 2. The number of aromatic nitrogens is 3. The van der Waals surface area contributed by atoms with Gasteiger partial charge in [0.15, 0.2) is 0 Å². The number of fused-ring (bicyclic) bond motifs is 1. The van der Waals surface area contributed by atoms with Gasteiger partial charge in [-0.05, 0) is 26.8 Å². The molecule has 0 amide bonds. The van der Waals surface area contributed by atoms with Crippen LogP contribution in [0.1, 0.15) is 32.5 Å². The molecule has 27 heavy (non-hydrogen) atoms. The zero-order chi connectivity index (χ0) is 19.1. The third-order valence-corrected chi connectivity index (χ3v) is 4.77. The smallest absolute Gasteiger partial charge is 0.231 e. The molecule has 2 aliphatic rings. The third-order valence-electron chi connectivity index (χ3n) is 4.77. The first kappa shape index (κ1) is 17.5. The van der Waals surface area contributed by atoms with Crippen molar-refractivity contribution in [1.29, 1.82) is 5.26 Å². The number of rotatable bonds is 4. The van der Waals surface area contributed by atoms with Crippen LogP contribution in [0.2, 0.25) is 0 Å². The van der Waals surface area contributed by atoms with E-state index >= 15 is 0 Å². The molecule has 1 fully saturated rings. The lowest BCUT2D eigenvalue weighted by molar-refractivity contribution is -0.0918. The number of likely N-dealkylation sites (N-methyl/N-ethyl adjacent to an activating group) is 1. The van der Waals surface area contributed by atoms with Gasteiger partial charge in [-0.1, -0.05) is 0 Å². The molecule has 4 heterocycles. The molecule has 1 saturated heterocycles. The fourth-order valence-electron chi connectivity index (χ4n) is 3.39. The molecule has 9 nitrogen and oxygen atoms in total. The van der Waals surface area contributed by atoms with Crippen LogP contribution < -0.4 is 5.32 Å². The highest BCUT2D eigenvalue weighted by Gasteiger charge is 2.33. The monoisotopic (exact) mass is 369 g/mol. The summed E-state index contributed by atoms with van der Waals surface area (Å²) >= 11 is 0. The lowest BCUT2D eigenvalue weighted by Crippen LogP contribution is -2.39. The van der Waals surface area contributed by atoms with Crippen LogP contribution in [0.3, 0.4) is 0 Å². The fourth-order valence-corrected chi connectivity index (χ4v) is 3.39. The highest BCUT2D eigenvalue weighted by molar-refractivity contribution is 5.86. The van der Waals surface area contributed by atoms with E-state index in [1.165, 1.54) is 0 Å². The molecule has 0 saturated carbocycles. The largest absolute Gasteiger partial charge is 0.475 e. The molecule has 9 heteroatoms. The topological polar surface area (TPSA) is 101 Å². The summed E-state index contributed by atoms with van der Waals surface area (Å²) in [7, 11) is 1.90. The summed E-state index contributed by atoms with van der Waals surface area (Å²) in [6, 6.07) is 4.06. The Hall–Kier alpha value is -2.86. The summed E-state index contributed by atoms with van der Waals surface area (Å²) in [5.41, 5.74) is 1.31. The van der Waals surface area contributed by atoms with Crippen LogP contribution in [0.5, 0.6) is 0 Å². The van der Waals surface area contributed by atoms with Gasteiger partial charge in [-0.25, -0.2) is 4.98 Å². The quantitative estimate of drug-likeness (QED) is 0.876. The van der Waals surface area contributed by atoms with Crippen molar-refractivity contribution in [2.75, 3.05) is 25.5 Å². The van der Waals surface area contributed by atoms with Gasteiger partial charge in [-0.3, -0.25) is 5.01 Å². The maximum absolute atomic E-state index is 9.51. The number of nitrogens with one attached hydrogen (secondary N) is 1. The summed E-state index contributed by atoms with van der Waals surface area (Å²) in [4.78, 5) is 9.10. The molecule has 2 aromatic rings. The van der Waals surface area contributed by atoms with Crippen LogP contribution in [0.4, 0.5) is 5.95 Å². The lowest BCUT2D eigenvalue weighted by Gasteiger charge is -2.35. The second-order valence-electron chi connectivity index (χ2n) is 7.23. The third kappa shape index (κ3) is 3.17. The first-order valence-electron chi connectivity index (χ1n) is 9.08. The Balaban J connectivity index is 1.65. The highest BCUT2D eigenvalue weighted by Crippen LogP contribution is 2.31. The lowest BCUT2D eigenvalue weighted by atomic mass is 10.1. The Morgan fingerprint density at radius 2 is 2.26 bits per heavy atom. The summed E-state index contributed by atoms with van der Waals surface area (Å²) in [6.45, 7) is 7.19. The maximum atomic E-state index is 9.51. The van der Waals surface area contributed by atoms with Gasteiger partial charge in [0.25, 0.3) is 0 Å². The van der Waals surface area contributed by atoms with Gasteiger partial charge >= 0.3 is 0 Å². The predicted molar refractivity (Wildman–Crippen MR) is 100 cm³/mol. The molecule has 1 unspecified atom stereocenters. The molecule has 0 bridgehead atoms. The van der Waals surface area contributed by atoms with Crippen molar-refractivity contribution in [2.45, 2.75) is 45.1 Å². The Morgan fingerprint density at radius 3 is 2.89 bits per heavy atom. The number of nitrogens with zero attached hydrogens (tertiary/aromatic N) is 6. The average molecular weight is 369 g/mol. The Labute approximate surface area is 157 Å². The van der Waals surface area contributed by atoms with Gasteiger partial charge < -0.3 is 19.4 Å². The van der Waals surface area contributed by atoms with Crippen LogP contribution in [0.25, 0.3) is 11.0 Å². The Kier molecular flexibility index (Phi) is 4.36. The van der Waals surface area contributed by atoms with Crippen LogP contribution in [0.15, 0.2) is 17.4 Å². The molecule has 142 valence electrons. The van der Waals surface area contributed by atoms with E-state index < -0.39 is 0 Å². The fraction of sp³-hybridized carbons (Fsp3) is 0.556.